The Morgan fingerprint density at radius 3 is 2.81 bits per heavy atom. The van der Waals surface area contributed by atoms with Crippen LogP contribution in [0.5, 0.6) is 0 Å². The van der Waals surface area contributed by atoms with Crippen LogP contribution in [0.25, 0.3) is 0 Å². The molecule has 1 aromatic carbocycles. The molecule has 1 saturated heterocycles. The van der Waals surface area contributed by atoms with Gasteiger partial charge in [-0.15, -0.1) is 0 Å². The van der Waals surface area contributed by atoms with Gasteiger partial charge in [-0.1, -0.05) is 13.0 Å². The summed E-state index contributed by atoms with van der Waals surface area (Å²) in [5.74, 6) is -0.00340. The number of hydrogen-bond acceptors (Lipinski definition) is 4. The Hall–Kier alpha value is -1.60. The number of nitrogens with one attached hydrogen (secondary N) is 3. The number of hydrogen-bond donors (Lipinski definition) is 3. The number of amides is 1. The van der Waals surface area contributed by atoms with Gasteiger partial charge in [0.05, 0.1) is 17.5 Å². The number of anilines is 2. The van der Waals surface area contributed by atoms with Gasteiger partial charge in [0.1, 0.15) is 0 Å². The molecule has 0 bridgehead atoms. The van der Waals surface area contributed by atoms with Crippen LogP contribution in [0.15, 0.2) is 24.3 Å². The Balaban J connectivity index is 2.02. The molecule has 1 amide bonds. The van der Waals surface area contributed by atoms with Crippen LogP contribution in [0.3, 0.4) is 0 Å². The molecule has 0 radical (unpaired) electrons. The summed E-state index contributed by atoms with van der Waals surface area (Å²) in [6.07, 6.45) is 2.38. The molecule has 1 unspecified atom stereocenters. The van der Waals surface area contributed by atoms with E-state index in [2.05, 4.69) is 15.4 Å². The normalized spacial score (nSPS) is 18.4. The summed E-state index contributed by atoms with van der Waals surface area (Å²) in [5, 5.41) is 5.93. The Labute approximate surface area is 125 Å². The number of carbonyl (C=O) groups is 1. The average molecular weight is 311 g/mol. The fraction of sp³-hybridized carbons (Fsp3) is 0.500. The van der Waals surface area contributed by atoms with Crippen LogP contribution in [0, 0.1) is 0 Å². The average Bonchev–Trinajstić information content (AvgIpc) is 2.92. The molecule has 2 rings (SSSR count). The lowest BCUT2D eigenvalue weighted by molar-refractivity contribution is -0.117. The van der Waals surface area contributed by atoms with Gasteiger partial charge in [0.25, 0.3) is 0 Å². The maximum Gasteiger partial charge on any atom is 0.241 e. The number of benzene rings is 1. The van der Waals surface area contributed by atoms with Gasteiger partial charge in [-0.05, 0) is 44.0 Å². The Kier molecular flexibility index (Phi) is 5.19. The summed E-state index contributed by atoms with van der Waals surface area (Å²) in [6.45, 7) is 2.67. The summed E-state index contributed by atoms with van der Waals surface area (Å²) < 4.78 is 26.0. The van der Waals surface area contributed by atoms with Crippen LogP contribution in [-0.4, -0.2) is 32.7 Å². The van der Waals surface area contributed by atoms with E-state index in [9.17, 15) is 13.2 Å². The van der Waals surface area contributed by atoms with Crippen LogP contribution >= 0.6 is 0 Å². The molecule has 0 spiro atoms. The van der Waals surface area contributed by atoms with E-state index in [4.69, 9.17) is 0 Å². The third kappa shape index (κ3) is 4.71. The predicted molar refractivity (Wildman–Crippen MR) is 83.8 cm³/mol. The molecule has 21 heavy (non-hydrogen) atoms. The molecule has 1 atom stereocenters. The molecule has 6 nitrogen and oxygen atoms in total. The first kappa shape index (κ1) is 15.8. The summed E-state index contributed by atoms with van der Waals surface area (Å²) in [7, 11) is -3.32. The molecular formula is C14H21N3O3S. The molecule has 0 aromatic heterocycles. The maximum atomic E-state index is 12.0. The largest absolute Gasteiger partial charge is 0.325 e. The minimum atomic E-state index is -3.32. The number of carbonyl (C=O) groups excluding carboxylic acids is 1. The highest BCUT2D eigenvalue weighted by molar-refractivity contribution is 7.92. The molecule has 1 heterocycles. The molecule has 1 aromatic rings. The molecule has 0 aliphatic carbocycles. The highest BCUT2D eigenvalue weighted by Gasteiger charge is 2.21. The zero-order valence-corrected chi connectivity index (χ0v) is 12.9. The third-order valence-electron chi connectivity index (χ3n) is 3.25. The molecule has 1 aliphatic rings. The Morgan fingerprint density at radius 2 is 2.14 bits per heavy atom. The van der Waals surface area contributed by atoms with Crippen LogP contribution in [0.4, 0.5) is 11.4 Å². The Morgan fingerprint density at radius 1 is 1.38 bits per heavy atom. The van der Waals surface area contributed by atoms with E-state index in [1.807, 2.05) is 6.92 Å². The molecule has 1 fully saturated rings. The second-order valence-electron chi connectivity index (χ2n) is 5.14. The second-order valence-corrected chi connectivity index (χ2v) is 6.98. The fourth-order valence-electron chi connectivity index (χ4n) is 2.30. The van der Waals surface area contributed by atoms with Crippen LogP contribution in [0.1, 0.15) is 26.2 Å². The quantitative estimate of drug-likeness (QED) is 0.743. The van der Waals surface area contributed by atoms with Gasteiger partial charge in [-0.2, -0.15) is 0 Å². The van der Waals surface area contributed by atoms with Crippen molar-refractivity contribution in [1.29, 1.82) is 0 Å². The zero-order valence-electron chi connectivity index (χ0n) is 12.1. The van der Waals surface area contributed by atoms with Crippen molar-refractivity contribution in [3.63, 3.8) is 0 Å². The van der Waals surface area contributed by atoms with Gasteiger partial charge in [0.15, 0.2) is 0 Å². The van der Waals surface area contributed by atoms with Crippen molar-refractivity contribution in [2.75, 3.05) is 22.3 Å². The van der Waals surface area contributed by atoms with Crippen LogP contribution in [-0.2, 0) is 14.8 Å². The fourth-order valence-corrected chi connectivity index (χ4v) is 3.42. The molecule has 116 valence electrons. The van der Waals surface area contributed by atoms with Crippen molar-refractivity contribution in [2.24, 2.45) is 0 Å². The lowest BCUT2D eigenvalue weighted by Crippen LogP contribution is -2.35. The SMILES string of the molecule is CCCS(=O)(=O)Nc1cccc(NC(=O)C2CCCN2)c1. The van der Waals surface area contributed by atoms with Crippen LogP contribution < -0.4 is 15.4 Å². The van der Waals surface area contributed by atoms with E-state index >= 15 is 0 Å². The van der Waals surface area contributed by atoms with Crippen molar-refractivity contribution >= 4 is 27.3 Å². The molecular weight excluding hydrogens is 290 g/mol. The minimum Gasteiger partial charge on any atom is -0.325 e. The smallest absolute Gasteiger partial charge is 0.241 e. The topological polar surface area (TPSA) is 87.3 Å². The molecule has 3 N–H and O–H groups in total. The summed E-state index contributed by atoms with van der Waals surface area (Å²) in [6, 6.07) is 6.58. The number of sulfonamides is 1. The standard InChI is InChI=1S/C14H21N3O3S/c1-2-9-21(19,20)17-12-6-3-5-11(10-12)16-14(18)13-7-4-8-15-13/h3,5-6,10,13,15,17H,2,4,7-9H2,1H3,(H,16,18). The monoisotopic (exact) mass is 311 g/mol. The van der Waals surface area contributed by atoms with Gasteiger partial charge in [-0.25, -0.2) is 8.42 Å². The first-order chi connectivity index (χ1) is 10.00. The lowest BCUT2D eigenvalue weighted by atomic mass is 10.2. The van der Waals surface area contributed by atoms with E-state index in [1.165, 1.54) is 0 Å². The van der Waals surface area contributed by atoms with E-state index in [0.29, 0.717) is 17.8 Å². The van der Waals surface area contributed by atoms with Gasteiger partial charge in [-0.3, -0.25) is 9.52 Å². The summed E-state index contributed by atoms with van der Waals surface area (Å²) >= 11 is 0. The lowest BCUT2D eigenvalue weighted by Gasteiger charge is -2.12. The molecule has 7 heteroatoms. The molecule has 0 saturated carbocycles. The molecule has 1 aliphatic heterocycles. The van der Waals surface area contributed by atoms with Gasteiger partial charge < -0.3 is 10.6 Å². The van der Waals surface area contributed by atoms with Crippen LogP contribution in [0.2, 0.25) is 0 Å². The van der Waals surface area contributed by atoms with Crippen molar-refractivity contribution in [3.05, 3.63) is 24.3 Å². The van der Waals surface area contributed by atoms with E-state index in [0.717, 1.165) is 19.4 Å². The zero-order chi connectivity index (χ0) is 15.3. The van der Waals surface area contributed by atoms with Gasteiger partial charge in [0, 0.05) is 5.69 Å². The Bertz CT molecular complexity index is 595. The number of rotatable bonds is 6. The minimum absolute atomic E-state index is 0.0789. The highest BCUT2D eigenvalue weighted by atomic mass is 32.2. The van der Waals surface area contributed by atoms with Crippen molar-refractivity contribution < 1.29 is 13.2 Å². The maximum absolute atomic E-state index is 12.0. The predicted octanol–water partition coefficient (Wildman–Crippen LogP) is 1.53. The highest BCUT2D eigenvalue weighted by Crippen LogP contribution is 2.17. The van der Waals surface area contributed by atoms with Crippen molar-refractivity contribution in [3.8, 4) is 0 Å². The third-order valence-corrected chi connectivity index (χ3v) is 4.75. The van der Waals surface area contributed by atoms with Crippen molar-refractivity contribution in [2.45, 2.75) is 32.2 Å². The first-order valence-corrected chi connectivity index (χ1v) is 8.80. The summed E-state index contributed by atoms with van der Waals surface area (Å²) in [5.41, 5.74) is 1.05. The van der Waals surface area contributed by atoms with Gasteiger partial charge in [0.2, 0.25) is 15.9 Å². The first-order valence-electron chi connectivity index (χ1n) is 7.15. The van der Waals surface area contributed by atoms with Crippen molar-refractivity contribution in [1.82, 2.24) is 5.32 Å². The van der Waals surface area contributed by atoms with Gasteiger partial charge >= 0.3 is 0 Å². The van der Waals surface area contributed by atoms with E-state index < -0.39 is 10.0 Å². The summed E-state index contributed by atoms with van der Waals surface area (Å²) in [4.78, 5) is 12.0. The second kappa shape index (κ2) is 6.91. The van der Waals surface area contributed by atoms with E-state index in [-0.39, 0.29) is 17.7 Å². The van der Waals surface area contributed by atoms with E-state index in [1.54, 1.807) is 24.3 Å².